The minimum Gasteiger partial charge on any atom is -0.346 e. The lowest BCUT2D eigenvalue weighted by Crippen LogP contribution is -2.51. The third-order valence-electron chi connectivity index (χ3n) is 6.05. The highest BCUT2D eigenvalue weighted by atomic mass is 35.5. The molecule has 1 N–H and O–H groups in total. The molecule has 4 heterocycles. The Balaban J connectivity index is 1.44. The van der Waals surface area contributed by atoms with E-state index in [2.05, 4.69) is 24.1 Å². The van der Waals surface area contributed by atoms with Gasteiger partial charge < -0.3 is 15.1 Å². The van der Waals surface area contributed by atoms with E-state index in [4.69, 9.17) is 11.6 Å². The number of piperidine rings is 1. The van der Waals surface area contributed by atoms with Gasteiger partial charge in [0.1, 0.15) is 6.04 Å². The lowest BCUT2D eigenvalue weighted by atomic mass is 10.0. The number of nitrogens with zero attached hydrogens (tertiary/aromatic N) is 3. The van der Waals surface area contributed by atoms with Crippen molar-refractivity contribution in [3.05, 3.63) is 21.3 Å². The van der Waals surface area contributed by atoms with Gasteiger partial charge in [0.2, 0.25) is 0 Å². The second-order valence-corrected chi connectivity index (χ2v) is 9.68. The van der Waals surface area contributed by atoms with Crippen molar-refractivity contribution in [3.63, 3.8) is 0 Å². The molecule has 0 unspecified atom stereocenters. The standard InChI is InChI=1S/C19H25ClN4O3S/c1-11(2)22-8-5-12(6-9-22)24-18(26)16-13(7-10-23(16)19(24)27)21-17(25)14-3-4-15(20)28-14/h3-4,11-13,16H,5-10H2,1-2H3,(H,21,25)/t13-,16+/m1/s1. The Labute approximate surface area is 173 Å². The van der Waals surface area contributed by atoms with Crippen molar-refractivity contribution in [1.82, 2.24) is 20.0 Å². The fourth-order valence-electron chi connectivity index (χ4n) is 4.51. The van der Waals surface area contributed by atoms with Crippen molar-refractivity contribution in [2.24, 2.45) is 0 Å². The SMILES string of the molecule is CC(C)N1CCC(N2C(=O)[C@@H]3[C@H](NC(=O)c4ccc(Cl)s4)CCN3C2=O)CC1. The third-order valence-corrected chi connectivity index (χ3v) is 7.28. The number of likely N-dealkylation sites (tertiary alicyclic amines) is 1. The number of hydrogen-bond donors (Lipinski definition) is 1. The molecule has 0 spiro atoms. The smallest absolute Gasteiger partial charge is 0.327 e. The minimum absolute atomic E-state index is 0.0481. The summed E-state index contributed by atoms with van der Waals surface area (Å²) >= 11 is 7.11. The van der Waals surface area contributed by atoms with Crippen molar-refractivity contribution < 1.29 is 14.4 Å². The van der Waals surface area contributed by atoms with Gasteiger partial charge >= 0.3 is 6.03 Å². The summed E-state index contributed by atoms with van der Waals surface area (Å²) in [7, 11) is 0. The molecule has 1 aromatic rings. The van der Waals surface area contributed by atoms with Gasteiger partial charge in [-0.3, -0.25) is 14.5 Å². The number of halogens is 1. The minimum atomic E-state index is -0.588. The van der Waals surface area contributed by atoms with E-state index in [-0.39, 0.29) is 29.9 Å². The Morgan fingerprint density at radius 3 is 2.50 bits per heavy atom. The fraction of sp³-hybridized carbons (Fsp3) is 0.632. The Kier molecular flexibility index (Phi) is 5.37. The predicted octanol–water partition coefficient (Wildman–Crippen LogP) is 2.41. The van der Waals surface area contributed by atoms with Crippen molar-refractivity contribution in [3.8, 4) is 0 Å². The second-order valence-electron chi connectivity index (χ2n) is 7.96. The molecule has 9 heteroatoms. The van der Waals surface area contributed by atoms with Crippen LogP contribution in [-0.4, -0.2) is 76.3 Å². The number of carbonyl (C=O) groups is 3. The maximum absolute atomic E-state index is 13.1. The van der Waals surface area contributed by atoms with Crippen molar-refractivity contribution >= 4 is 40.8 Å². The third kappa shape index (κ3) is 3.42. The summed E-state index contributed by atoms with van der Waals surface area (Å²) in [5.41, 5.74) is 0. The van der Waals surface area contributed by atoms with E-state index in [1.54, 1.807) is 17.0 Å². The molecular formula is C19H25ClN4O3S. The highest BCUT2D eigenvalue weighted by molar-refractivity contribution is 7.18. The number of carbonyl (C=O) groups excluding carboxylic acids is 3. The molecule has 0 radical (unpaired) electrons. The average molecular weight is 425 g/mol. The molecule has 0 aliphatic carbocycles. The number of amides is 4. The average Bonchev–Trinajstić information content (AvgIpc) is 3.34. The number of urea groups is 1. The quantitative estimate of drug-likeness (QED) is 0.753. The van der Waals surface area contributed by atoms with E-state index in [1.165, 1.54) is 16.2 Å². The molecule has 3 aliphatic heterocycles. The van der Waals surface area contributed by atoms with Gasteiger partial charge in [0.25, 0.3) is 11.8 Å². The van der Waals surface area contributed by atoms with Gasteiger partial charge in [-0.1, -0.05) is 11.6 Å². The molecule has 4 amide bonds. The number of nitrogens with one attached hydrogen (secondary N) is 1. The first-order chi connectivity index (χ1) is 13.4. The lowest BCUT2D eigenvalue weighted by Gasteiger charge is -2.37. The van der Waals surface area contributed by atoms with Crippen molar-refractivity contribution in [2.45, 2.75) is 57.3 Å². The largest absolute Gasteiger partial charge is 0.346 e. The number of hydrogen-bond acceptors (Lipinski definition) is 5. The second kappa shape index (κ2) is 7.65. The summed E-state index contributed by atoms with van der Waals surface area (Å²) in [6, 6.07) is 2.63. The molecule has 0 bridgehead atoms. The Hall–Kier alpha value is -1.64. The van der Waals surface area contributed by atoms with Crippen LogP contribution in [0, 0.1) is 0 Å². The van der Waals surface area contributed by atoms with Gasteiger partial charge in [-0.05, 0) is 45.2 Å². The van der Waals surface area contributed by atoms with Crippen LogP contribution >= 0.6 is 22.9 Å². The van der Waals surface area contributed by atoms with Crippen LogP contribution in [-0.2, 0) is 4.79 Å². The molecule has 3 aliphatic rings. The number of imide groups is 1. The van der Waals surface area contributed by atoms with Crippen LogP contribution in [0.1, 0.15) is 42.8 Å². The molecule has 3 saturated heterocycles. The summed E-state index contributed by atoms with van der Waals surface area (Å²) < 4.78 is 0.546. The normalized spacial score (nSPS) is 26.4. The first kappa shape index (κ1) is 19.7. The van der Waals surface area contributed by atoms with Crippen LogP contribution in [0.25, 0.3) is 0 Å². The van der Waals surface area contributed by atoms with E-state index < -0.39 is 6.04 Å². The monoisotopic (exact) mass is 424 g/mol. The number of fused-ring (bicyclic) bond motifs is 1. The van der Waals surface area contributed by atoms with Gasteiger partial charge in [-0.2, -0.15) is 0 Å². The van der Waals surface area contributed by atoms with Crippen molar-refractivity contribution in [2.75, 3.05) is 19.6 Å². The van der Waals surface area contributed by atoms with E-state index in [0.717, 1.165) is 25.9 Å². The van der Waals surface area contributed by atoms with Gasteiger partial charge in [-0.15, -0.1) is 11.3 Å². The van der Waals surface area contributed by atoms with Gasteiger partial charge in [0, 0.05) is 31.7 Å². The summed E-state index contributed by atoms with van der Waals surface area (Å²) in [6.45, 7) is 6.60. The first-order valence-corrected chi connectivity index (χ1v) is 11.0. The molecule has 28 heavy (non-hydrogen) atoms. The van der Waals surface area contributed by atoms with Crippen LogP contribution in [0.15, 0.2) is 12.1 Å². The lowest BCUT2D eigenvalue weighted by molar-refractivity contribution is -0.130. The van der Waals surface area contributed by atoms with E-state index in [0.29, 0.717) is 28.2 Å². The van der Waals surface area contributed by atoms with Gasteiger partial charge in [0.05, 0.1) is 15.3 Å². The molecule has 3 fully saturated rings. The maximum atomic E-state index is 13.1. The topological polar surface area (TPSA) is 73.0 Å². The van der Waals surface area contributed by atoms with E-state index >= 15 is 0 Å². The van der Waals surface area contributed by atoms with E-state index in [1.807, 2.05) is 0 Å². The molecule has 7 nitrogen and oxygen atoms in total. The molecule has 4 rings (SSSR count). The molecule has 0 aromatic carbocycles. The first-order valence-electron chi connectivity index (χ1n) is 9.80. The van der Waals surface area contributed by atoms with Crippen LogP contribution in [0.5, 0.6) is 0 Å². The zero-order chi connectivity index (χ0) is 20.0. The van der Waals surface area contributed by atoms with Gasteiger partial charge in [-0.25, -0.2) is 4.79 Å². The molecular weight excluding hydrogens is 400 g/mol. The Morgan fingerprint density at radius 2 is 1.89 bits per heavy atom. The molecule has 1 aromatic heterocycles. The zero-order valence-electron chi connectivity index (χ0n) is 16.1. The fourth-order valence-corrected chi connectivity index (χ4v) is 5.46. The molecule has 152 valence electrons. The van der Waals surface area contributed by atoms with E-state index in [9.17, 15) is 14.4 Å². The summed E-state index contributed by atoms with van der Waals surface area (Å²) in [5.74, 6) is -0.410. The zero-order valence-corrected chi connectivity index (χ0v) is 17.6. The molecule has 2 atom stereocenters. The maximum Gasteiger partial charge on any atom is 0.327 e. The summed E-state index contributed by atoms with van der Waals surface area (Å²) in [6.07, 6.45) is 2.20. The molecule has 0 saturated carbocycles. The van der Waals surface area contributed by atoms with Crippen LogP contribution in [0.2, 0.25) is 4.34 Å². The van der Waals surface area contributed by atoms with Crippen LogP contribution in [0.3, 0.4) is 0 Å². The van der Waals surface area contributed by atoms with Gasteiger partial charge in [0.15, 0.2) is 0 Å². The highest BCUT2D eigenvalue weighted by Crippen LogP contribution is 2.32. The summed E-state index contributed by atoms with van der Waals surface area (Å²) in [5, 5.41) is 2.94. The van der Waals surface area contributed by atoms with Crippen molar-refractivity contribution in [1.29, 1.82) is 0 Å². The van der Waals surface area contributed by atoms with Crippen LogP contribution < -0.4 is 5.32 Å². The Morgan fingerprint density at radius 1 is 1.18 bits per heavy atom. The summed E-state index contributed by atoms with van der Waals surface area (Å²) in [4.78, 5) is 44.5. The predicted molar refractivity (Wildman–Crippen MR) is 108 cm³/mol. The van der Waals surface area contributed by atoms with Crippen LogP contribution in [0.4, 0.5) is 4.79 Å². The highest BCUT2D eigenvalue weighted by Gasteiger charge is 2.54. The number of rotatable bonds is 4. The number of thiophene rings is 1. The Bertz CT molecular complexity index is 790.